The number of fused-ring (bicyclic) bond motifs is 1. The van der Waals surface area contributed by atoms with Crippen LogP contribution in [0, 0.1) is 0 Å². The number of hydrogen-bond acceptors (Lipinski definition) is 1. The molecule has 0 aromatic heterocycles. The molecule has 1 heteroatoms. The molecule has 0 aliphatic carbocycles. The first-order valence-corrected chi connectivity index (χ1v) is 8.93. The quantitative estimate of drug-likeness (QED) is 0.455. The van der Waals surface area contributed by atoms with Gasteiger partial charge in [0.05, 0.1) is 6.04 Å². The lowest BCUT2D eigenvalue weighted by atomic mass is 9.90. The molecule has 130 valence electrons. The molecule has 0 amide bonds. The largest absolute Gasteiger partial charge is 0.360 e. The minimum Gasteiger partial charge on any atom is -0.360 e. The molecule has 1 aromatic carbocycles. The summed E-state index contributed by atoms with van der Waals surface area (Å²) in [5.74, 6) is 0. The van der Waals surface area contributed by atoms with E-state index in [1.54, 1.807) is 0 Å². The van der Waals surface area contributed by atoms with Crippen molar-refractivity contribution in [1.29, 1.82) is 0 Å². The zero-order valence-corrected chi connectivity index (χ0v) is 16.1. The first kappa shape index (κ1) is 20.0. The summed E-state index contributed by atoms with van der Waals surface area (Å²) in [7, 11) is 0. The molecule has 0 fully saturated rings. The Balaban J connectivity index is 0.000000891. The maximum Gasteiger partial charge on any atom is 0.0541 e. The lowest BCUT2D eigenvalue weighted by molar-refractivity contribution is 0.260. The van der Waals surface area contributed by atoms with Crippen molar-refractivity contribution in [3.05, 3.63) is 83.6 Å². The number of allylic oxidation sites excluding steroid dienone is 4. The standard InChI is InChI=1S/C20H25N.C3H8/c1-6-7-10-16(4)17(5)21-14-19-12-9-8-11-18(19)13-20(21)15(2)3;1-3-2/h6-12,20H,2,5,13-14H2,1,3-4H3;3H2,1-2H3/b7-6-,16-10+;. The van der Waals surface area contributed by atoms with Crippen molar-refractivity contribution in [3.8, 4) is 0 Å². The van der Waals surface area contributed by atoms with Crippen LogP contribution in [0.25, 0.3) is 0 Å². The van der Waals surface area contributed by atoms with E-state index in [1.807, 2.05) is 13.0 Å². The van der Waals surface area contributed by atoms with Crippen molar-refractivity contribution < 1.29 is 0 Å². The van der Waals surface area contributed by atoms with Crippen LogP contribution in [0.2, 0.25) is 0 Å². The Morgan fingerprint density at radius 1 is 1.17 bits per heavy atom. The number of hydrogen-bond donors (Lipinski definition) is 0. The molecule has 0 radical (unpaired) electrons. The maximum absolute atomic E-state index is 4.32. The van der Waals surface area contributed by atoms with Crippen molar-refractivity contribution in [2.75, 3.05) is 0 Å². The fourth-order valence-electron chi connectivity index (χ4n) is 2.81. The first-order chi connectivity index (χ1) is 11.5. The van der Waals surface area contributed by atoms with Crippen molar-refractivity contribution in [2.45, 2.75) is 60.0 Å². The van der Waals surface area contributed by atoms with E-state index < -0.39 is 0 Å². The second-order valence-corrected chi connectivity index (χ2v) is 6.49. The van der Waals surface area contributed by atoms with Crippen LogP contribution in [0.5, 0.6) is 0 Å². The van der Waals surface area contributed by atoms with Gasteiger partial charge in [-0.15, -0.1) is 0 Å². The fraction of sp³-hybridized carbons (Fsp3) is 0.391. The molecule has 0 saturated carbocycles. The Hall–Kier alpha value is -2.02. The van der Waals surface area contributed by atoms with Crippen LogP contribution < -0.4 is 0 Å². The van der Waals surface area contributed by atoms with Gasteiger partial charge in [0.25, 0.3) is 0 Å². The topological polar surface area (TPSA) is 3.24 Å². The van der Waals surface area contributed by atoms with Crippen LogP contribution in [-0.4, -0.2) is 10.9 Å². The van der Waals surface area contributed by atoms with Gasteiger partial charge in [0.2, 0.25) is 0 Å². The second kappa shape index (κ2) is 9.97. The van der Waals surface area contributed by atoms with E-state index in [9.17, 15) is 0 Å². The molecule has 1 unspecified atom stereocenters. The van der Waals surface area contributed by atoms with Gasteiger partial charge in [-0.05, 0) is 43.9 Å². The Kier molecular flexibility index (Phi) is 8.32. The zero-order valence-electron chi connectivity index (χ0n) is 16.1. The minimum absolute atomic E-state index is 0.335. The van der Waals surface area contributed by atoms with Gasteiger partial charge in [-0.3, -0.25) is 0 Å². The molecule has 0 N–H and O–H groups in total. The van der Waals surface area contributed by atoms with Crippen molar-refractivity contribution in [3.63, 3.8) is 0 Å². The number of rotatable bonds is 4. The van der Waals surface area contributed by atoms with E-state index in [0.29, 0.717) is 6.04 Å². The highest BCUT2D eigenvalue weighted by atomic mass is 15.2. The summed E-state index contributed by atoms with van der Waals surface area (Å²) in [6, 6.07) is 9.02. The van der Waals surface area contributed by atoms with Gasteiger partial charge in [-0.2, -0.15) is 0 Å². The van der Waals surface area contributed by atoms with E-state index in [0.717, 1.165) is 18.7 Å². The summed E-state index contributed by atoms with van der Waals surface area (Å²) in [5.41, 5.74) is 6.33. The van der Waals surface area contributed by atoms with Gasteiger partial charge in [-0.25, -0.2) is 0 Å². The van der Waals surface area contributed by atoms with Gasteiger partial charge in [0.15, 0.2) is 0 Å². The van der Waals surface area contributed by atoms with E-state index in [1.165, 1.54) is 28.7 Å². The van der Waals surface area contributed by atoms with E-state index in [-0.39, 0.29) is 0 Å². The van der Waals surface area contributed by atoms with E-state index in [4.69, 9.17) is 0 Å². The van der Waals surface area contributed by atoms with E-state index in [2.05, 4.69) is 82.2 Å². The predicted octanol–water partition coefficient (Wildman–Crippen LogP) is 6.44. The summed E-state index contributed by atoms with van der Waals surface area (Å²) < 4.78 is 0. The zero-order chi connectivity index (χ0) is 18.1. The molecule has 0 spiro atoms. The Morgan fingerprint density at radius 3 is 2.29 bits per heavy atom. The fourth-order valence-corrected chi connectivity index (χ4v) is 2.81. The SMILES string of the molecule is C=C(C)C1Cc2ccccc2CN1C(=C)/C(C)=C/C=C\C.CCC. The molecule has 1 aliphatic rings. The highest BCUT2D eigenvalue weighted by molar-refractivity contribution is 5.37. The molecular formula is C23H33N. The van der Waals surface area contributed by atoms with Crippen LogP contribution in [0.3, 0.4) is 0 Å². The third-order valence-electron chi connectivity index (χ3n) is 4.16. The molecule has 1 aliphatic heterocycles. The van der Waals surface area contributed by atoms with Crippen molar-refractivity contribution in [2.24, 2.45) is 0 Å². The molecular weight excluding hydrogens is 290 g/mol. The highest BCUT2D eigenvalue weighted by Crippen LogP contribution is 2.31. The van der Waals surface area contributed by atoms with Crippen LogP contribution >= 0.6 is 0 Å². The van der Waals surface area contributed by atoms with Gasteiger partial charge in [0, 0.05) is 12.2 Å². The molecule has 1 aromatic rings. The Bertz CT molecular complexity index is 619. The first-order valence-electron chi connectivity index (χ1n) is 8.93. The summed E-state index contributed by atoms with van der Waals surface area (Å²) in [4.78, 5) is 2.39. The van der Waals surface area contributed by atoms with Crippen molar-refractivity contribution in [1.82, 2.24) is 4.90 Å². The summed E-state index contributed by atoms with van der Waals surface area (Å²) >= 11 is 0. The summed E-state index contributed by atoms with van der Waals surface area (Å²) in [5, 5.41) is 0. The predicted molar refractivity (Wildman–Crippen MR) is 108 cm³/mol. The smallest absolute Gasteiger partial charge is 0.0541 e. The lowest BCUT2D eigenvalue weighted by Crippen LogP contribution is -2.40. The van der Waals surface area contributed by atoms with Crippen LogP contribution in [0.1, 0.15) is 52.2 Å². The molecule has 2 rings (SSSR count). The second-order valence-electron chi connectivity index (χ2n) is 6.49. The van der Waals surface area contributed by atoms with Crippen molar-refractivity contribution >= 4 is 0 Å². The van der Waals surface area contributed by atoms with Gasteiger partial charge in [0.1, 0.15) is 0 Å². The lowest BCUT2D eigenvalue weighted by Gasteiger charge is -2.40. The maximum atomic E-state index is 4.32. The third-order valence-corrected chi connectivity index (χ3v) is 4.16. The molecule has 0 saturated heterocycles. The monoisotopic (exact) mass is 323 g/mol. The van der Waals surface area contributed by atoms with Crippen LogP contribution in [-0.2, 0) is 13.0 Å². The van der Waals surface area contributed by atoms with Gasteiger partial charge < -0.3 is 4.90 Å². The Morgan fingerprint density at radius 2 is 1.75 bits per heavy atom. The highest BCUT2D eigenvalue weighted by Gasteiger charge is 2.27. The average molecular weight is 324 g/mol. The van der Waals surface area contributed by atoms with Gasteiger partial charge >= 0.3 is 0 Å². The number of benzene rings is 1. The molecule has 24 heavy (non-hydrogen) atoms. The number of nitrogens with zero attached hydrogens (tertiary/aromatic N) is 1. The Labute approximate surface area is 149 Å². The molecule has 1 heterocycles. The van der Waals surface area contributed by atoms with Crippen LogP contribution in [0.4, 0.5) is 0 Å². The van der Waals surface area contributed by atoms with E-state index >= 15 is 0 Å². The molecule has 1 atom stereocenters. The summed E-state index contributed by atoms with van der Waals surface area (Å²) in [6.07, 6.45) is 8.49. The minimum atomic E-state index is 0.335. The van der Waals surface area contributed by atoms with Crippen LogP contribution in [0.15, 0.2) is 72.5 Å². The third kappa shape index (κ3) is 5.26. The normalized spacial score (nSPS) is 17.1. The summed E-state index contributed by atoms with van der Waals surface area (Å²) in [6.45, 7) is 19.9. The average Bonchev–Trinajstić information content (AvgIpc) is 2.58. The molecule has 1 nitrogen and oxygen atoms in total. The van der Waals surface area contributed by atoms with Gasteiger partial charge in [-0.1, -0.05) is 81.5 Å². The molecule has 0 bridgehead atoms.